The number of rotatable bonds is 3. The fourth-order valence-electron chi connectivity index (χ4n) is 3.63. The van der Waals surface area contributed by atoms with Crippen LogP contribution in [0.15, 0.2) is 28.7 Å². The summed E-state index contributed by atoms with van der Waals surface area (Å²) in [6.45, 7) is 3.93. The Hall–Kier alpha value is -0.950. The van der Waals surface area contributed by atoms with Crippen LogP contribution in [-0.4, -0.2) is 72.9 Å². The van der Waals surface area contributed by atoms with Gasteiger partial charge in [-0.25, -0.2) is 0 Å². The van der Waals surface area contributed by atoms with Crippen molar-refractivity contribution in [2.75, 3.05) is 46.4 Å². The van der Waals surface area contributed by atoms with Crippen molar-refractivity contribution in [3.63, 3.8) is 0 Å². The first-order valence-corrected chi connectivity index (χ1v) is 9.32. The minimum Gasteiger partial charge on any atom is -0.389 e. The molecule has 132 valence electrons. The summed E-state index contributed by atoms with van der Waals surface area (Å²) in [5.41, 5.74) is -0.115. The number of likely N-dealkylation sites (tertiary alicyclic amines) is 1. The lowest BCUT2D eigenvalue weighted by molar-refractivity contribution is -0.146. The van der Waals surface area contributed by atoms with Gasteiger partial charge in [0.2, 0.25) is 5.91 Å². The third-order valence-corrected chi connectivity index (χ3v) is 5.64. The van der Waals surface area contributed by atoms with Gasteiger partial charge in [0, 0.05) is 30.7 Å². The first-order chi connectivity index (χ1) is 11.5. The van der Waals surface area contributed by atoms with Crippen LogP contribution in [0.3, 0.4) is 0 Å². The van der Waals surface area contributed by atoms with E-state index in [1.807, 2.05) is 29.2 Å². The van der Waals surface area contributed by atoms with Crippen molar-refractivity contribution in [1.82, 2.24) is 9.80 Å². The molecule has 0 aliphatic carbocycles. The molecule has 6 heteroatoms. The van der Waals surface area contributed by atoms with Crippen molar-refractivity contribution < 1.29 is 14.6 Å². The van der Waals surface area contributed by atoms with E-state index in [1.165, 1.54) is 0 Å². The highest BCUT2D eigenvalue weighted by atomic mass is 79.9. The number of carbonyl (C=O) groups is 1. The number of hydrogen-bond acceptors (Lipinski definition) is 4. The third kappa shape index (κ3) is 3.82. The largest absolute Gasteiger partial charge is 0.389 e. The van der Waals surface area contributed by atoms with Crippen LogP contribution in [0.2, 0.25) is 0 Å². The number of halogens is 1. The van der Waals surface area contributed by atoms with E-state index >= 15 is 0 Å². The van der Waals surface area contributed by atoms with Crippen LogP contribution < -0.4 is 0 Å². The standard InChI is InChI=1S/C18H25BrN2O3/c1-20-7-5-18(23,6-8-20)16(14-3-2-4-15(19)13-14)17(22)21-9-11-24-12-10-21/h2-4,13,16,23H,5-12H2,1H3. The SMILES string of the molecule is CN1CCC(O)(C(C(=O)N2CCOCC2)c2cccc(Br)c2)CC1. The number of hydrogen-bond donors (Lipinski definition) is 1. The summed E-state index contributed by atoms with van der Waals surface area (Å²) in [5.74, 6) is -0.509. The minimum atomic E-state index is -0.997. The number of morpholine rings is 1. The molecule has 0 bridgehead atoms. The minimum absolute atomic E-state index is 0.0171. The highest BCUT2D eigenvalue weighted by Crippen LogP contribution is 2.38. The summed E-state index contributed by atoms with van der Waals surface area (Å²) in [5, 5.41) is 11.4. The van der Waals surface area contributed by atoms with E-state index < -0.39 is 11.5 Å². The first kappa shape index (κ1) is 17.9. The molecule has 2 fully saturated rings. The Morgan fingerprint density at radius 1 is 1.25 bits per heavy atom. The molecule has 0 spiro atoms. The van der Waals surface area contributed by atoms with E-state index in [9.17, 15) is 9.90 Å². The summed E-state index contributed by atoms with van der Waals surface area (Å²) >= 11 is 3.49. The van der Waals surface area contributed by atoms with E-state index in [-0.39, 0.29) is 5.91 Å². The molecule has 3 rings (SSSR count). The Kier molecular flexibility index (Phi) is 5.59. The molecule has 1 N–H and O–H groups in total. The van der Waals surface area contributed by atoms with E-state index in [0.717, 1.165) is 23.1 Å². The smallest absolute Gasteiger partial charge is 0.233 e. The van der Waals surface area contributed by atoms with Crippen molar-refractivity contribution >= 4 is 21.8 Å². The molecule has 0 aromatic heterocycles. The number of aliphatic hydroxyl groups is 1. The van der Waals surface area contributed by atoms with Gasteiger partial charge in [0.25, 0.3) is 0 Å². The molecule has 2 aliphatic heterocycles. The second-order valence-electron chi connectivity index (χ2n) is 6.83. The van der Waals surface area contributed by atoms with Crippen LogP contribution in [0, 0.1) is 0 Å². The zero-order valence-electron chi connectivity index (χ0n) is 14.1. The second kappa shape index (κ2) is 7.52. The summed E-state index contributed by atoms with van der Waals surface area (Å²) in [4.78, 5) is 17.3. The molecule has 0 radical (unpaired) electrons. The fraction of sp³-hybridized carbons (Fsp3) is 0.611. The molecule has 5 nitrogen and oxygen atoms in total. The number of amides is 1. The lowest BCUT2D eigenvalue weighted by atomic mass is 9.75. The van der Waals surface area contributed by atoms with Gasteiger partial charge < -0.3 is 19.6 Å². The Morgan fingerprint density at radius 2 is 1.92 bits per heavy atom. The summed E-state index contributed by atoms with van der Waals surface area (Å²) in [7, 11) is 2.05. The predicted octanol–water partition coefficient (Wildman–Crippen LogP) is 1.85. The van der Waals surface area contributed by atoms with E-state index in [0.29, 0.717) is 39.1 Å². The van der Waals surface area contributed by atoms with Gasteiger partial charge in [-0.1, -0.05) is 28.1 Å². The molecule has 2 aliphatic rings. The van der Waals surface area contributed by atoms with E-state index in [1.54, 1.807) is 0 Å². The number of carbonyl (C=O) groups excluding carboxylic acids is 1. The van der Waals surface area contributed by atoms with Crippen LogP contribution in [0.25, 0.3) is 0 Å². The molecule has 1 unspecified atom stereocenters. The number of nitrogens with zero attached hydrogens (tertiary/aromatic N) is 2. The van der Waals surface area contributed by atoms with Gasteiger partial charge in [-0.3, -0.25) is 4.79 Å². The molecule has 1 atom stereocenters. The monoisotopic (exact) mass is 396 g/mol. The topological polar surface area (TPSA) is 53.0 Å². The number of ether oxygens (including phenoxy) is 1. The summed E-state index contributed by atoms with van der Waals surface area (Å²) < 4.78 is 6.30. The van der Waals surface area contributed by atoms with Gasteiger partial charge >= 0.3 is 0 Å². The van der Waals surface area contributed by atoms with E-state index in [2.05, 4.69) is 27.9 Å². The summed E-state index contributed by atoms with van der Waals surface area (Å²) in [6, 6.07) is 7.78. The zero-order valence-corrected chi connectivity index (χ0v) is 15.7. The molecular formula is C18H25BrN2O3. The molecule has 2 saturated heterocycles. The maximum atomic E-state index is 13.3. The van der Waals surface area contributed by atoms with Gasteiger partial charge in [-0.15, -0.1) is 0 Å². The Balaban J connectivity index is 1.92. The Labute approximate surface area is 151 Å². The average molecular weight is 397 g/mol. The molecular weight excluding hydrogens is 372 g/mol. The Bertz CT molecular complexity index is 581. The van der Waals surface area contributed by atoms with Gasteiger partial charge in [-0.05, 0) is 37.6 Å². The second-order valence-corrected chi connectivity index (χ2v) is 7.75. The zero-order chi connectivity index (χ0) is 17.2. The number of piperidine rings is 1. The molecule has 1 aromatic carbocycles. The molecule has 0 saturated carbocycles. The van der Waals surface area contributed by atoms with Crippen molar-refractivity contribution in [2.45, 2.75) is 24.4 Å². The van der Waals surface area contributed by atoms with Crippen LogP contribution in [0.1, 0.15) is 24.3 Å². The summed E-state index contributed by atoms with van der Waals surface area (Å²) in [6.07, 6.45) is 1.22. The van der Waals surface area contributed by atoms with Gasteiger partial charge in [-0.2, -0.15) is 0 Å². The lowest BCUT2D eigenvalue weighted by Crippen LogP contribution is -2.53. The molecule has 1 aromatic rings. The highest BCUT2D eigenvalue weighted by molar-refractivity contribution is 9.10. The van der Waals surface area contributed by atoms with Crippen molar-refractivity contribution in [3.8, 4) is 0 Å². The van der Waals surface area contributed by atoms with Crippen molar-refractivity contribution in [3.05, 3.63) is 34.3 Å². The van der Waals surface area contributed by atoms with E-state index in [4.69, 9.17) is 4.74 Å². The van der Waals surface area contributed by atoms with Crippen molar-refractivity contribution in [1.29, 1.82) is 0 Å². The van der Waals surface area contributed by atoms with Gasteiger partial charge in [0.15, 0.2) is 0 Å². The Morgan fingerprint density at radius 3 is 2.54 bits per heavy atom. The maximum absolute atomic E-state index is 13.3. The molecule has 24 heavy (non-hydrogen) atoms. The van der Waals surface area contributed by atoms with Gasteiger partial charge in [0.1, 0.15) is 0 Å². The van der Waals surface area contributed by atoms with Crippen LogP contribution in [0.5, 0.6) is 0 Å². The molecule has 1 amide bonds. The van der Waals surface area contributed by atoms with Crippen LogP contribution in [-0.2, 0) is 9.53 Å². The maximum Gasteiger partial charge on any atom is 0.233 e. The van der Waals surface area contributed by atoms with Crippen molar-refractivity contribution in [2.24, 2.45) is 0 Å². The fourth-order valence-corrected chi connectivity index (χ4v) is 4.05. The quantitative estimate of drug-likeness (QED) is 0.846. The first-order valence-electron chi connectivity index (χ1n) is 8.52. The predicted molar refractivity (Wildman–Crippen MR) is 96.0 cm³/mol. The third-order valence-electron chi connectivity index (χ3n) is 5.14. The lowest BCUT2D eigenvalue weighted by Gasteiger charge is -2.43. The number of benzene rings is 1. The van der Waals surface area contributed by atoms with Gasteiger partial charge in [0.05, 0.1) is 24.7 Å². The van der Waals surface area contributed by atoms with Crippen LogP contribution >= 0.6 is 15.9 Å². The highest BCUT2D eigenvalue weighted by Gasteiger charge is 2.45. The average Bonchev–Trinajstić information content (AvgIpc) is 2.59. The van der Waals surface area contributed by atoms with Crippen LogP contribution in [0.4, 0.5) is 0 Å². The molecule has 2 heterocycles. The normalized spacial score (nSPS) is 23.0.